The summed E-state index contributed by atoms with van der Waals surface area (Å²) in [6, 6.07) is 9.38. The fraction of sp³-hybridized carbons (Fsp3) is 0.111. The number of anilines is 1. The van der Waals surface area contributed by atoms with Crippen LogP contribution in [0.25, 0.3) is 11.5 Å². The number of nitrogens with zero attached hydrogens (tertiary/aromatic N) is 3. The van der Waals surface area contributed by atoms with E-state index in [2.05, 4.69) is 14.6 Å². The molecule has 0 N–H and O–H groups in total. The molecule has 4 rings (SSSR count). The van der Waals surface area contributed by atoms with E-state index < -0.39 is 23.9 Å². The quantitative estimate of drug-likeness (QED) is 0.385. The lowest BCUT2D eigenvalue weighted by Gasteiger charge is -2.17. The molecular formula is C18H9F3IN3O3. The number of imide groups is 1. The van der Waals surface area contributed by atoms with Gasteiger partial charge in [0, 0.05) is 9.13 Å². The average Bonchev–Trinajstić information content (AvgIpc) is 3.21. The Morgan fingerprint density at radius 3 is 2.43 bits per heavy atom. The molecule has 2 amide bonds. The first-order valence-electron chi connectivity index (χ1n) is 7.87. The molecule has 0 unspecified atom stereocenters. The van der Waals surface area contributed by atoms with Crippen LogP contribution in [0.1, 0.15) is 32.2 Å². The number of alkyl halides is 3. The SMILES string of the molecule is Cc1cc(-c2nnc(C(F)(F)F)o2)ccc1N1C(=O)c2cccc(I)c2C1=O. The molecule has 0 aliphatic carbocycles. The number of fused-ring (bicyclic) bond motifs is 1. The summed E-state index contributed by atoms with van der Waals surface area (Å²) in [7, 11) is 0. The van der Waals surface area contributed by atoms with Gasteiger partial charge in [-0.1, -0.05) is 6.07 Å². The first-order chi connectivity index (χ1) is 13.2. The third-order valence-corrected chi connectivity index (χ3v) is 5.12. The van der Waals surface area contributed by atoms with E-state index in [9.17, 15) is 22.8 Å². The molecule has 0 bridgehead atoms. The van der Waals surface area contributed by atoms with Gasteiger partial charge in [0.25, 0.3) is 11.8 Å². The Kier molecular flexibility index (Phi) is 4.25. The molecule has 1 aliphatic rings. The van der Waals surface area contributed by atoms with E-state index in [1.54, 1.807) is 25.1 Å². The van der Waals surface area contributed by atoms with Crippen LogP contribution in [0.2, 0.25) is 0 Å². The molecule has 142 valence electrons. The molecule has 28 heavy (non-hydrogen) atoms. The number of benzene rings is 2. The van der Waals surface area contributed by atoms with Crippen LogP contribution in [0.15, 0.2) is 40.8 Å². The summed E-state index contributed by atoms with van der Waals surface area (Å²) in [5.74, 6) is -2.65. The van der Waals surface area contributed by atoms with Gasteiger partial charge in [-0.25, -0.2) is 4.90 Å². The van der Waals surface area contributed by atoms with Crippen LogP contribution >= 0.6 is 22.6 Å². The Morgan fingerprint density at radius 1 is 1.07 bits per heavy atom. The molecule has 0 saturated carbocycles. The number of hydrogen-bond acceptors (Lipinski definition) is 5. The van der Waals surface area contributed by atoms with Crippen LogP contribution in [0, 0.1) is 10.5 Å². The summed E-state index contributed by atoms with van der Waals surface area (Å²) in [5.41, 5.74) is 1.72. The van der Waals surface area contributed by atoms with E-state index in [1.165, 1.54) is 18.2 Å². The molecule has 0 fully saturated rings. The predicted molar refractivity (Wildman–Crippen MR) is 99.8 cm³/mol. The monoisotopic (exact) mass is 499 g/mol. The van der Waals surface area contributed by atoms with E-state index in [0.717, 1.165) is 4.90 Å². The lowest BCUT2D eigenvalue weighted by molar-refractivity contribution is -0.156. The minimum atomic E-state index is -4.74. The zero-order valence-corrected chi connectivity index (χ0v) is 16.2. The Bertz CT molecular complexity index is 1140. The lowest BCUT2D eigenvalue weighted by Crippen LogP contribution is -2.30. The molecule has 2 heterocycles. The highest BCUT2D eigenvalue weighted by molar-refractivity contribution is 14.1. The van der Waals surface area contributed by atoms with Gasteiger partial charge in [0.1, 0.15) is 0 Å². The van der Waals surface area contributed by atoms with Crippen LogP contribution in [0.3, 0.4) is 0 Å². The van der Waals surface area contributed by atoms with Gasteiger partial charge in [-0.3, -0.25) is 9.59 Å². The van der Waals surface area contributed by atoms with Gasteiger partial charge in [0.15, 0.2) is 0 Å². The fourth-order valence-electron chi connectivity index (χ4n) is 2.96. The molecule has 0 spiro atoms. The Hall–Kier alpha value is -2.76. The lowest BCUT2D eigenvalue weighted by atomic mass is 10.1. The van der Waals surface area contributed by atoms with Crippen LogP contribution in [0.4, 0.5) is 18.9 Å². The number of amides is 2. The van der Waals surface area contributed by atoms with Crippen molar-refractivity contribution in [1.29, 1.82) is 0 Å². The second-order valence-electron chi connectivity index (χ2n) is 6.02. The van der Waals surface area contributed by atoms with Gasteiger partial charge in [0.05, 0.1) is 16.8 Å². The minimum Gasteiger partial charge on any atom is -0.413 e. The minimum absolute atomic E-state index is 0.246. The zero-order chi connectivity index (χ0) is 20.2. The van der Waals surface area contributed by atoms with Crippen LogP contribution < -0.4 is 4.90 Å². The molecule has 0 radical (unpaired) electrons. The number of carbonyl (C=O) groups excluding carboxylic acids is 2. The van der Waals surface area contributed by atoms with Crippen LogP contribution in [-0.4, -0.2) is 22.0 Å². The summed E-state index contributed by atoms with van der Waals surface area (Å²) in [6.45, 7) is 1.63. The summed E-state index contributed by atoms with van der Waals surface area (Å²) in [5, 5.41) is 6.40. The number of halogens is 4. The molecule has 2 aromatic carbocycles. The number of carbonyl (C=O) groups is 2. The third-order valence-electron chi connectivity index (χ3n) is 4.22. The maximum Gasteiger partial charge on any atom is 0.470 e. The normalized spacial score (nSPS) is 14.0. The van der Waals surface area contributed by atoms with Crippen molar-refractivity contribution < 1.29 is 27.2 Å². The van der Waals surface area contributed by atoms with E-state index >= 15 is 0 Å². The smallest absolute Gasteiger partial charge is 0.413 e. The van der Waals surface area contributed by atoms with Crippen molar-refractivity contribution in [1.82, 2.24) is 10.2 Å². The number of hydrogen-bond donors (Lipinski definition) is 0. The summed E-state index contributed by atoms with van der Waals surface area (Å²) >= 11 is 1.99. The average molecular weight is 499 g/mol. The third kappa shape index (κ3) is 2.87. The highest BCUT2D eigenvalue weighted by Gasteiger charge is 2.39. The van der Waals surface area contributed by atoms with Crippen molar-refractivity contribution in [3.8, 4) is 11.5 Å². The van der Waals surface area contributed by atoms with E-state index in [0.29, 0.717) is 25.9 Å². The molecule has 0 saturated heterocycles. The van der Waals surface area contributed by atoms with E-state index in [-0.39, 0.29) is 11.5 Å². The van der Waals surface area contributed by atoms with Crippen molar-refractivity contribution >= 4 is 40.1 Å². The maximum absolute atomic E-state index is 12.8. The molecule has 10 heteroatoms. The summed E-state index contributed by atoms with van der Waals surface area (Å²) < 4.78 is 43.2. The van der Waals surface area contributed by atoms with Gasteiger partial charge in [-0.05, 0) is 65.4 Å². The molecule has 1 aliphatic heterocycles. The van der Waals surface area contributed by atoms with Crippen LogP contribution in [-0.2, 0) is 6.18 Å². The van der Waals surface area contributed by atoms with Crippen molar-refractivity contribution in [2.75, 3.05) is 4.90 Å². The topological polar surface area (TPSA) is 76.3 Å². The van der Waals surface area contributed by atoms with Crippen molar-refractivity contribution in [2.24, 2.45) is 0 Å². The van der Waals surface area contributed by atoms with Gasteiger partial charge >= 0.3 is 12.1 Å². The first-order valence-corrected chi connectivity index (χ1v) is 8.95. The van der Waals surface area contributed by atoms with Crippen molar-refractivity contribution in [3.05, 3.63) is 62.5 Å². The summed E-state index contributed by atoms with van der Waals surface area (Å²) in [6.07, 6.45) is -4.74. The zero-order valence-electron chi connectivity index (χ0n) is 14.0. The molecule has 1 aromatic heterocycles. The maximum atomic E-state index is 12.8. The highest BCUT2D eigenvalue weighted by Crippen LogP contribution is 2.35. The van der Waals surface area contributed by atoms with Gasteiger partial charge in [0.2, 0.25) is 5.89 Å². The van der Waals surface area contributed by atoms with Crippen LogP contribution in [0.5, 0.6) is 0 Å². The highest BCUT2D eigenvalue weighted by atomic mass is 127. The largest absolute Gasteiger partial charge is 0.470 e. The van der Waals surface area contributed by atoms with Gasteiger partial charge < -0.3 is 4.42 Å². The van der Waals surface area contributed by atoms with E-state index in [1.807, 2.05) is 22.6 Å². The van der Waals surface area contributed by atoms with E-state index in [4.69, 9.17) is 0 Å². The van der Waals surface area contributed by atoms with Gasteiger partial charge in [-0.15, -0.1) is 10.2 Å². The summed E-state index contributed by atoms with van der Waals surface area (Å²) in [4.78, 5) is 26.6. The molecule has 3 aromatic rings. The number of aromatic nitrogens is 2. The van der Waals surface area contributed by atoms with Gasteiger partial charge in [-0.2, -0.15) is 13.2 Å². The number of aryl methyl sites for hydroxylation is 1. The molecular weight excluding hydrogens is 490 g/mol. The Morgan fingerprint density at radius 2 is 1.82 bits per heavy atom. The fourth-order valence-corrected chi connectivity index (χ4v) is 3.69. The second-order valence-corrected chi connectivity index (χ2v) is 7.18. The Labute approximate surface area is 169 Å². The van der Waals surface area contributed by atoms with Crippen molar-refractivity contribution in [2.45, 2.75) is 13.1 Å². The Balaban J connectivity index is 1.72. The first kappa shape index (κ1) is 18.6. The molecule has 0 atom stereocenters. The molecule has 6 nitrogen and oxygen atoms in total. The number of rotatable bonds is 2. The predicted octanol–water partition coefficient (Wildman–Crippen LogP) is 4.47. The van der Waals surface area contributed by atoms with Crippen molar-refractivity contribution in [3.63, 3.8) is 0 Å². The standard InChI is InChI=1S/C18H9F3IN3O3/c1-8-7-9(14-23-24-17(28-14)18(19,20)21)5-6-12(8)25-15(26)10-3-2-4-11(22)13(10)16(25)27/h2-7H,1H3. The second kappa shape index (κ2) is 6.40.